The number of rotatable bonds is 4. The van der Waals surface area contributed by atoms with E-state index >= 15 is 0 Å². The molecule has 17 heavy (non-hydrogen) atoms. The van der Waals surface area contributed by atoms with E-state index in [1.54, 1.807) is 0 Å². The van der Waals surface area contributed by atoms with Crippen molar-refractivity contribution in [3.63, 3.8) is 0 Å². The molecule has 2 N–H and O–H groups in total. The van der Waals surface area contributed by atoms with Crippen LogP contribution in [0.15, 0.2) is 18.2 Å². The van der Waals surface area contributed by atoms with Crippen LogP contribution in [-0.4, -0.2) is 19.6 Å². The number of aryl methyl sites for hydroxylation is 1. The Hall–Kier alpha value is -1.02. The third kappa shape index (κ3) is 3.47. The zero-order valence-corrected chi connectivity index (χ0v) is 11.1. The Morgan fingerprint density at radius 3 is 2.76 bits per heavy atom. The van der Waals surface area contributed by atoms with Crippen molar-refractivity contribution in [3.05, 3.63) is 29.3 Å². The lowest BCUT2D eigenvalue weighted by molar-refractivity contribution is 0.361. The van der Waals surface area contributed by atoms with E-state index in [4.69, 9.17) is 0 Å². The van der Waals surface area contributed by atoms with Crippen LogP contribution in [0.25, 0.3) is 0 Å². The van der Waals surface area contributed by atoms with Crippen LogP contribution in [0, 0.1) is 19.8 Å². The Labute approximate surface area is 105 Å². The molecule has 0 unspecified atom stereocenters. The van der Waals surface area contributed by atoms with Gasteiger partial charge in [0.25, 0.3) is 0 Å². The van der Waals surface area contributed by atoms with Gasteiger partial charge in [-0.3, -0.25) is 0 Å². The third-order valence-corrected chi connectivity index (χ3v) is 3.93. The second-order valence-corrected chi connectivity index (χ2v) is 5.16. The highest BCUT2D eigenvalue weighted by Gasteiger charge is 2.12. The van der Waals surface area contributed by atoms with Crippen molar-refractivity contribution in [1.82, 2.24) is 5.32 Å². The molecule has 0 saturated carbocycles. The predicted octanol–water partition coefficient (Wildman–Crippen LogP) is 3.11. The summed E-state index contributed by atoms with van der Waals surface area (Å²) in [7, 11) is 0. The highest BCUT2D eigenvalue weighted by molar-refractivity contribution is 5.53. The molecule has 1 fully saturated rings. The average Bonchev–Trinajstić information content (AvgIpc) is 2.36. The van der Waals surface area contributed by atoms with Crippen LogP contribution in [0.1, 0.15) is 30.4 Å². The smallest absolute Gasteiger partial charge is 0.0372 e. The van der Waals surface area contributed by atoms with Crippen LogP contribution in [0.5, 0.6) is 0 Å². The van der Waals surface area contributed by atoms with E-state index in [0.29, 0.717) is 0 Å². The molecule has 0 spiro atoms. The lowest BCUT2D eigenvalue weighted by Crippen LogP contribution is -2.28. The van der Waals surface area contributed by atoms with Gasteiger partial charge >= 0.3 is 0 Å². The summed E-state index contributed by atoms with van der Waals surface area (Å²) in [6, 6.07) is 6.49. The molecule has 2 heteroatoms. The average molecular weight is 232 g/mol. The van der Waals surface area contributed by atoms with Crippen LogP contribution in [-0.2, 0) is 0 Å². The summed E-state index contributed by atoms with van der Waals surface area (Å²) in [6.07, 6.45) is 3.98. The normalized spacial score (nSPS) is 17.1. The summed E-state index contributed by atoms with van der Waals surface area (Å²) in [5.74, 6) is 0.911. The minimum Gasteiger partial charge on any atom is -0.385 e. The molecule has 0 amide bonds. The predicted molar refractivity (Wildman–Crippen MR) is 74.6 cm³/mol. The first-order valence-corrected chi connectivity index (χ1v) is 6.78. The van der Waals surface area contributed by atoms with Gasteiger partial charge in [0.2, 0.25) is 0 Å². The third-order valence-electron chi connectivity index (χ3n) is 3.93. The van der Waals surface area contributed by atoms with Gasteiger partial charge in [-0.25, -0.2) is 0 Å². The Balaban J connectivity index is 1.79. The number of nitrogens with one attached hydrogen (secondary N) is 2. The molecule has 1 aromatic carbocycles. The molecule has 0 aliphatic carbocycles. The summed E-state index contributed by atoms with van der Waals surface area (Å²) in [5, 5.41) is 7.00. The van der Waals surface area contributed by atoms with Crippen molar-refractivity contribution in [2.24, 2.45) is 5.92 Å². The minimum absolute atomic E-state index is 0.911. The number of hydrogen-bond donors (Lipinski definition) is 2. The second-order valence-electron chi connectivity index (χ2n) is 5.16. The maximum Gasteiger partial charge on any atom is 0.0372 e. The maximum atomic E-state index is 3.58. The summed E-state index contributed by atoms with van der Waals surface area (Å²) < 4.78 is 0. The van der Waals surface area contributed by atoms with E-state index in [1.165, 1.54) is 49.2 Å². The molecule has 0 atom stereocenters. The monoisotopic (exact) mass is 232 g/mol. The molecule has 0 aromatic heterocycles. The van der Waals surface area contributed by atoms with E-state index in [1.807, 2.05) is 0 Å². The summed E-state index contributed by atoms with van der Waals surface area (Å²) in [6.45, 7) is 7.88. The van der Waals surface area contributed by atoms with E-state index in [0.717, 1.165) is 12.5 Å². The van der Waals surface area contributed by atoms with Gasteiger partial charge in [-0.15, -0.1) is 0 Å². The van der Waals surface area contributed by atoms with Gasteiger partial charge in [0, 0.05) is 12.2 Å². The van der Waals surface area contributed by atoms with Crippen LogP contribution in [0.3, 0.4) is 0 Å². The van der Waals surface area contributed by atoms with Gasteiger partial charge in [0.15, 0.2) is 0 Å². The first-order valence-electron chi connectivity index (χ1n) is 6.78. The van der Waals surface area contributed by atoms with Crippen LogP contribution >= 0.6 is 0 Å². The quantitative estimate of drug-likeness (QED) is 0.833. The zero-order chi connectivity index (χ0) is 12.1. The van der Waals surface area contributed by atoms with Gasteiger partial charge in [0.1, 0.15) is 0 Å². The summed E-state index contributed by atoms with van der Waals surface area (Å²) in [4.78, 5) is 0. The van der Waals surface area contributed by atoms with Gasteiger partial charge in [-0.2, -0.15) is 0 Å². The van der Waals surface area contributed by atoms with Crippen LogP contribution in [0.2, 0.25) is 0 Å². The Morgan fingerprint density at radius 1 is 1.24 bits per heavy atom. The molecular weight excluding hydrogens is 208 g/mol. The van der Waals surface area contributed by atoms with Gasteiger partial charge < -0.3 is 10.6 Å². The van der Waals surface area contributed by atoms with E-state index in [2.05, 4.69) is 42.7 Å². The second kappa shape index (κ2) is 6.06. The SMILES string of the molecule is Cc1cccc(NCCC2CCNCC2)c1C. The van der Waals surface area contributed by atoms with Crippen molar-refractivity contribution >= 4 is 5.69 Å². The molecule has 1 aliphatic heterocycles. The van der Waals surface area contributed by atoms with Crippen LogP contribution < -0.4 is 10.6 Å². The Morgan fingerprint density at radius 2 is 2.00 bits per heavy atom. The number of anilines is 1. The molecule has 2 nitrogen and oxygen atoms in total. The lowest BCUT2D eigenvalue weighted by atomic mass is 9.94. The fourth-order valence-corrected chi connectivity index (χ4v) is 2.52. The summed E-state index contributed by atoms with van der Waals surface area (Å²) in [5.41, 5.74) is 4.06. The maximum absolute atomic E-state index is 3.58. The van der Waals surface area contributed by atoms with Crippen molar-refractivity contribution in [1.29, 1.82) is 0 Å². The highest BCUT2D eigenvalue weighted by atomic mass is 14.9. The Kier molecular flexibility index (Phi) is 4.43. The molecule has 0 bridgehead atoms. The number of benzene rings is 1. The van der Waals surface area contributed by atoms with Gasteiger partial charge in [-0.1, -0.05) is 12.1 Å². The van der Waals surface area contributed by atoms with Crippen LogP contribution in [0.4, 0.5) is 5.69 Å². The van der Waals surface area contributed by atoms with Gasteiger partial charge in [0.05, 0.1) is 0 Å². The van der Waals surface area contributed by atoms with E-state index in [-0.39, 0.29) is 0 Å². The minimum atomic E-state index is 0.911. The largest absolute Gasteiger partial charge is 0.385 e. The lowest BCUT2D eigenvalue weighted by Gasteiger charge is -2.23. The van der Waals surface area contributed by atoms with Crippen molar-refractivity contribution < 1.29 is 0 Å². The molecule has 1 saturated heterocycles. The van der Waals surface area contributed by atoms with Crippen molar-refractivity contribution in [2.75, 3.05) is 25.0 Å². The molecular formula is C15H24N2. The Bertz CT molecular complexity index is 354. The summed E-state index contributed by atoms with van der Waals surface area (Å²) >= 11 is 0. The standard InChI is InChI=1S/C15H24N2/c1-12-4-3-5-15(13(12)2)17-11-8-14-6-9-16-10-7-14/h3-5,14,16-17H,6-11H2,1-2H3. The molecule has 1 heterocycles. The fourth-order valence-electron chi connectivity index (χ4n) is 2.52. The van der Waals surface area contributed by atoms with E-state index in [9.17, 15) is 0 Å². The van der Waals surface area contributed by atoms with Gasteiger partial charge in [-0.05, 0) is 69.3 Å². The molecule has 2 rings (SSSR count). The first kappa shape index (κ1) is 12.4. The fraction of sp³-hybridized carbons (Fsp3) is 0.600. The molecule has 1 aliphatic rings. The molecule has 1 aromatic rings. The molecule has 0 radical (unpaired) electrons. The number of piperidine rings is 1. The number of hydrogen-bond acceptors (Lipinski definition) is 2. The van der Waals surface area contributed by atoms with Crippen molar-refractivity contribution in [3.8, 4) is 0 Å². The first-order chi connectivity index (χ1) is 8.27. The zero-order valence-electron chi connectivity index (χ0n) is 11.1. The molecule has 94 valence electrons. The topological polar surface area (TPSA) is 24.1 Å². The van der Waals surface area contributed by atoms with Crippen molar-refractivity contribution in [2.45, 2.75) is 33.1 Å². The highest BCUT2D eigenvalue weighted by Crippen LogP contribution is 2.20. The van der Waals surface area contributed by atoms with E-state index < -0.39 is 0 Å².